The maximum absolute atomic E-state index is 4.44. The summed E-state index contributed by atoms with van der Waals surface area (Å²) >= 11 is 1.94. The highest BCUT2D eigenvalue weighted by molar-refractivity contribution is 7.19. The van der Waals surface area contributed by atoms with Gasteiger partial charge < -0.3 is 5.32 Å². The summed E-state index contributed by atoms with van der Waals surface area (Å²) in [4.78, 5) is 5.96. The van der Waals surface area contributed by atoms with Crippen molar-refractivity contribution in [2.24, 2.45) is 0 Å². The first kappa shape index (κ1) is 14.2. The second kappa shape index (κ2) is 6.83. The predicted molar refractivity (Wildman–Crippen MR) is 91.1 cm³/mol. The van der Waals surface area contributed by atoms with E-state index in [0.717, 1.165) is 25.8 Å². The third-order valence-corrected chi connectivity index (χ3v) is 5.01. The molecule has 1 aromatic carbocycles. The molecule has 2 nitrogen and oxygen atoms in total. The lowest BCUT2D eigenvalue weighted by molar-refractivity contribution is 0.790. The molecule has 108 valence electrons. The zero-order valence-corrected chi connectivity index (χ0v) is 13.1. The van der Waals surface area contributed by atoms with Gasteiger partial charge in [-0.15, -0.1) is 11.3 Å². The molecule has 3 rings (SSSR count). The van der Waals surface area contributed by atoms with Gasteiger partial charge in [0.1, 0.15) is 0 Å². The summed E-state index contributed by atoms with van der Waals surface area (Å²) in [6, 6.07) is 14.9. The van der Waals surface area contributed by atoms with Crippen LogP contribution in [-0.4, -0.2) is 18.6 Å². The zero-order valence-electron chi connectivity index (χ0n) is 12.3. The molecule has 1 N–H and O–H groups in total. The van der Waals surface area contributed by atoms with Gasteiger partial charge in [-0.05, 0) is 62.0 Å². The van der Waals surface area contributed by atoms with Gasteiger partial charge in [0.05, 0.1) is 0 Å². The number of rotatable bonds is 6. The van der Waals surface area contributed by atoms with Crippen molar-refractivity contribution in [3.8, 4) is 0 Å². The van der Waals surface area contributed by atoms with Gasteiger partial charge in [-0.3, -0.25) is 4.98 Å². The molecule has 0 fully saturated rings. The molecule has 0 saturated heterocycles. The SMILES string of the molecule is CNCCc1sc2ccccc2c1CCc1ccccn1. The van der Waals surface area contributed by atoms with Gasteiger partial charge in [0, 0.05) is 21.5 Å². The van der Waals surface area contributed by atoms with E-state index in [4.69, 9.17) is 0 Å². The van der Waals surface area contributed by atoms with Crippen molar-refractivity contribution in [1.29, 1.82) is 0 Å². The van der Waals surface area contributed by atoms with Crippen molar-refractivity contribution in [3.05, 3.63) is 64.8 Å². The van der Waals surface area contributed by atoms with Crippen LogP contribution in [0.4, 0.5) is 0 Å². The van der Waals surface area contributed by atoms with Crippen molar-refractivity contribution in [1.82, 2.24) is 10.3 Å². The fourth-order valence-electron chi connectivity index (χ4n) is 2.66. The van der Waals surface area contributed by atoms with E-state index in [-0.39, 0.29) is 0 Å². The molecule has 3 heteroatoms. The Morgan fingerprint density at radius 2 is 1.86 bits per heavy atom. The number of nitrogens with one attached hydrogen (secondary N) is 1. The number of aromatic nitrogens is 1. The summed E-state index contributed by atoms with van der Waals surface area (Å²) in [5.74, 6) is 0. The van der Waals surface area contributed by atoms with Gasteiger partial charge in [0.25, 0.3) is 0 Å². The summed E-state index contributed by atoms with van der Waals surface area (Å²) < 4.78 is 1.40. The van der Waals surface area contributed by atoms with Crippen molar-refractivity contribution >= 4 is 21.4 Å². The zero-order chi connectivity index (χ0) is 14.5. The molecule has 0 amide bonds. The Hall–Kier alpha value is -1.71. The smallest absolute Gasteiger partial charge is 0.0406 e. The van der Waals surface area contributed by atoms with Crippen LogP contribution in [0.5, 0.6) is 0 Å². The molecule has 0 atom stereocenters. The first-order valence-corrected chi connectivity index (χ1v) is 8.24. The molecule has 0 aliphatic rings. The normalized spacial score (nSPS) is 11.1. The molecule has 2 heterocycles. The Balaban J connectivity index is 1.87. The molecular weight excluding hydrogens is 276 g/mol. The molecule has 0 saturated carbocycles. The molecule has 0 radical (unpaired) electrons. The largest absolute Gasteiger partial charge is 0.319 e. The monoisotopic (exact) mass is 296 g/mol. The average molecular weight is 296 g/mol. The average Bonchev–Trinajstić information content (AvgIpc) is 2.89. The Kier molecular flexibility index (Phi) is 4.63. The lowest BCUT2D eigenvalue weighted by Gasteiger charge is -2.05. The van der Waals surface area contributed by atoms with Gasteiger partial charge in [-0.1, -0.05) is 24.3 Å². The van der Waals surface area contributed by atoms with Gasteiger partial charge in [-0.2, -0.15) is 0 Å². The fourth-order valence-corrected chi connectivity index (χ4v) is 3.92. The van der Waals surface area contributed by atoms with Crippen LogP contribution in [0.3, 0.4) is 0 Å². The van der Waals surface area contributed by atoms with E-state index in [2.05, 4.69) is 46.7 Å². The van der Waals surface area contributed by atoms with E-state index in [0.29, 0.717) is 0 Å². The summed E-state index contributed by atoms with van der Waals surface area (Å²) in [5, 5.41) is 4.68. The molecule has 0 spiro atoms. The number of hydrogen-bond acceptors (Lipinski definition) is 3. The summed E-state index contributed by atoms with van der Waals surface area (Å²) in [6.07, 6.45) is 5.06. The Morgan fingerprint density at radius 3 is 2.67 bits per heavy atom. The molecule has 0 bridgehead atoms. The van der Waals surface area contributed by atoms with Gasteiger partial charge in [0.15, 0.2) is 0 Å². The molecule has 0 unspecified atom stereocenters. The highest BCUT2D eigenvalue weighted by Gasteiger charge is 2.11. The number of likely N-dealkylation sites (N-methyl/N-ethyl adjacent to an activating group) is 1. The number of thiophene rings is 1. The van der Waals surface area contributed by atoms with E-state index in [9.17, 15) is 0 Å². The fraction of sp³-hybridized carbons (Fsp3) is 0.278. The minimum absolute atomic E-state index is 1.01. The summed E-state index contributed by atoms with van der Waals surface area (Å²) in [5.41, 5.74) is 2.68. The summed E-state index contributed by atoms with van der Waals surface area (Å²) in [6.45, 7) is 1.03. The van der Waals surface area contributed by atoms with Crippen molar-refractivity contribution in [2.75, 3.05) is 13.6 Å². The van der Waals surface area contributed by atoms with Crippen LogP contribution < -0.4 is 5.32 Å². The van der Waals surface area contributed by atoms with Crippen LogP contribution in [0.15, 0.2) is 48.7 Å². The van der Waals surface area contributed by atoms with Crippen LogP contribution >= 0.6 is 11.3 Å². The minimum atomic E-state index is 1.01. The molecule has 0 aliphatic heterocycles. The highest BCUT2D eigenvalue weighted by Crippen LogP contribution is 2.32. The maximum Gasteiger partial charge on any atom is 0.0406 e. The third kappa shape index (κ3) is 3.31. The summed E-state index contributed by atoms with van der Waals surface area (Å²) in [7, 11) is 2.01. The number of nitrogens with zero attached hydrogens (tertiary/aromatic N) is 1. The topological polar surface area (TPSA) is 24.9 Å². The van der Waals surface area contributed by atoms with Crippen molar-refractivity contribution < 1.29 is 0 Å². The van der Waals surface area contributed by atoms with Crippen LogP contribution in [0, 0.1) is 0 Å². The molecule has 2 aromatic heterocycles. The molecular formula is C18H20N2S. The Labute approximate surface area is 129 Å². The minimum Gasteiger partial charge on any atom is -0.319 e. The first-order chi connectivity index (χ1) is 10.4. The van der Waals surface area contributed by atoms with Crippen LogP contribution in [-0.2, 0) is 19.3 Å². The predicted octanol–water partition coefficient (Wildman–Crippen LogP) is 3.84. The molecule has 21 heavy (non-hydrogen) atoms. The highest BCUT2D eigenvalue weighted by atomic mass is 32.1. The lowest BCUT2D eigenvalue weighted by atomic mass is 10.0. The van der Waals surface area contributed by atoms with Gasteiger partial charge in [-0.25, -0.2) is 0 Å². The number of fused-ring (bicyclic) bond motifs is 1. The number of aryl methyl sites for hydroxylation is 2. The quantitative estimate of drug-likeness (QED) is 0.747. The number of benzene rings is 1. The maximum atomic E-state index is 4.44. The number of hydrogen-bond donors (Lipinski definition) is 1. The van der Waals surface area contributed by atoms with Crippen LogP contribution in [0.2, 0.25) is 0 Å². The van der Waals surface area contributed by atoms with E-state index in [1.807, 2.05) is 30.6 Å². The van der Waals surface area contributed by atoms with E-state index < -0.39 is 0 Å². The second-order valence-corrected chi connectivity index (χ2v) is 6.31. The standard InChI is InChI=1S/C18H20N2S/c1-19-13-11-18-16(10-9-14-6-4-5-12-20-14)15-7-2-3-8-17(15)21-18/h2-8,12,19H,9-11,13H2,1H3. The second-order valence-electron chi connectivity index (χ2n) is 5.17. The van der Waals surface area contributed by atoms with E-state index in [1.54, 1.807) is 0 Å². The van der Waals surface area contributed by atoms with Crippen LogP contribution in [0.1, 0.15) is 16.1 Å². The van der Waals surface area contributed by atoms with Gasteiger partial charge in [0.2, 0.25) is 0 Å². The van der Waals surface area contributed by atoms with E-state index >= 15 is 0 Å². The number of pyridine rings is 1. The molecule has 0 aliphatic carbocycles. The van der Waals surface area contributed by atoms with Crippen LogP contribution in [0.25, 0.3) is 10.1 Å². The van der Waals surface area contributed by atoms with Crippen molar-refractivity contribution in [3.63, 3.8) is 0 Å². The molecule has 3 aromatic rings. The third-order valence-electron chi connectivity index (χ3n) is 3.74. The van der Waals surface area contributed by atoms with Gasteiger partial charge >= 0.3 is 0 Å². The lowest BCUT2D eigenvalue weighted by Crippen LogP contribution is -2.10. The van der Waals surface area contributed by atoms with Crippen molar-refractivity contribution in [2.45, 2.75) is 19.3 Å². The Morgan fingerprint density at radius 1 is 1.00 bits per heavy atom. The first-order valence-electron chi connectivity index (χ1n) is 7.42. The Bertz CT molecular complexity index is 704. The van der Waals surface area contributed by atoms with E-state index in [1.165, 1.54) is 26.2 Å².